The molecule has 0 aromatic carbocycles. The monoisotopic (exact) mass is 242 g/mol. The number of carbonyl (C=O) groups is 3. The van der Waals surface area contributed by atoms with E-state index >= 15 is 0 Å². The Labute approximate surface area is 100 Å². The Balaban J connectivity index is 3.98. The van der Waals surface area contributed by atoms with Crippen molar-refractivity contribution in [3.63, 3.8) is 0 Å². The number of urea groups is 1. The maximum Gasteiger partial charge on any atom is 0.328 e. The van der Waals surface area contributed by atoms with Crippen molar-refractivity contribution >= 4 is 17.9 Å². The summed E-state index contributed by atoms with van der Waals surface area (Å²) in [6.45, 7) is 2.62. The van der Waals surface area contributed by atoms with Gasteiger partial charge in [-0.1, -0.05) is 19.8 Å². The van der Waals surface area contributed by atoms with Crippen molar-refractivity contribution in [2.24, 2.45) is 0 Å². The highest BCUT2D eigenvalue weighted by Gasteiger charge is 2.10. The molecule has 0 unspecified atom stereocenters. The second-order valence-corrected chi connectivity index (χ2v) is 3.59. The summed E-state index contributed by atoms with van der Waals surface area (Å²) in [6, 6.07) is -0.527. The summed E-state index contributed by atoms with van der Waals surface area (Å²) in [5, 5.41) is 10.3. The van der Waals surface area contributed by atoms with Crippen LogP contribution in [0.2, 0.25) is 0 Å². The van der Waals surface area contributed by atoms with E-state index in [0.717, 1.165) is 25.3 Å². The smallest absolute Gasteiger partial charge is 0.328 e. The molecule has 0 aliphatic carbocycles. The second-order valence-electron chi connectivity index (χ2n) is 3.59. The van der Waals surface area contributed by atoms with Crippen LogP contribution < -0.4 is 5.32 Å². The minimum atomic E-state index is -1.23. The largest absolute Gasteiger partial charge is 0.478 e. The number of nitrogens with one attached hydrogen (secondary N) is 1. The number of carboxylic acids is 1. The van der Waals surface area contributed by atoms with E-state index in [0.29, 0.717) is 12.6 Å². The van der Waals surface area contributed by atoms with Gasteiger partial charge in [0, 0.05) is 25.7 Å². The molecule has 0 rings (SSSR count). The molecule has 0 aliphatic rings. The first-order chi connectivity index (χ1) is 7.97. The average Bonchev–Trinajstić information content (AvgIpc) is 2.26. The molecule has 0 saturated carbocycles. The van der Waals surface area contributed by atoms with Gasteiger partial charge in [-0.25, -0.2) is 9.59 Å². The predicted octanol–water partition coefficient (Wildman–Crippen LogP) is 0.985. The Morgan fingerprint density at radius 2 is 1.88 bits per heavy atom. The molecular formula is C11H18N2O4. The van der Waals surface area contributed by atoms with Crippen LogP contribution in [0.4, 0.5) is 4.79 Å². The fourth-order valence-corrected chi connectivity index (χ4v) is 1.09. The molecule has 3 amide bonds. The molecule has 2 N–H and O–H groups in total. The van der Waals surface area contributed by atoms with Gasteiger partial charge in [0.2, 0.25) is 0 Å². The Bertz CT molecular complexity index is 313. The van der Waals surface area contributed by atoms with E-state index < -0.39 is 17.9 Å². The number of imide groups is 1. The molecule has 17 heavy (non-hydrogen) atoms. The average molecular weight is 242 g/mol. The maximum absolute atomic E-state index is 11.4. The van der Waals surface area contributed by atoms with Crippen LogP contribution >= 0.6 is 0 Å². The molecular weight excluding hydrogens is 224 g/mol. The summed E-state index contributed by atoms with van der Waals surface area (Å²) in [7, 11) is 1.58. The molecule has 0 fully saturated rings. The van der Waals surface area contributed by atoms with Crippen LogP contribution in [0.5, 0.6) is 0 Å². The van der Waals surface area contributed by atoms with Crippen molar-refractivity contribution in [3.8, 4) is 0 Å². The molecule has 0 heterocycles. The van der Waals surface area contributed by atoms with Crippen LogP contribution in [0, 0.1) is 0 Å². The van der Waals surface area contributed by atoms with Crippen LogP contribution in [0.3, 0.4) is 0 Å². The van der Waals surface area contributed by atoms with Gasteiger partial charge in [-0.15, -0.1) is 0 Å². The van der Waals surface area contributed by atoms with E-state index in [1.807, 2.05) is 0 Å². The van der Waals surface area contributed by atoms with Crippen molar-refractivity contribution < 1.29 is 19.5 Å². The van der Waals surface area contributed by atoms with E-state index in [4.69, 9.17) is 5.11 Å². The van der Waals surface area contributed by atoms with E-state index in [1.54, 1.807) is 7.05 Å². The minimum absolute atomic E-state index is 0.527. The molecule has 0 aromatic rings. The fourth-order valence-electron chi connectivity index (χ4n) is 1.09. The number of rotatable bonds is 6. The zero-order chi connectivity index (χ0) is 13.3. The SMILES string of the molecule is CCCCCN(C)C(=O)NC(=O)/C=C/C(=O)O. The summed E-state index contributed by atoms with van der Waals surface area (Å²) >= 11 is 0. The highest BCUT2D eigenvalue weighted by Crippen LogP contribution is 1.96. The zero-order valence-corrected chi connectivity index (χ0v) is 10.1. The van der Waals surface area contributed by atoms with Gasteiger partial charge in [0.15, 0.2) is 0 Å². The quantitative estimate of drug-likeness (QED) is 0.537. The molecule has 0 spiro atoms. The van der Waals surface area contributed by atoms with E-state index in [2.05, 4.69) is 12.2 Å². The molecule has 0 bridgehead atoms. The number of carbonyl (C=O) groups excluding carboxylic acids is 2. The van der Waals surface area contributed by atoms with Crippen molar-refractivity contribution in [1.82, 2.24) is 10.2 Å². The lowest BCUT2D eigenvalue weighted by Crippen LogP contribution is -2.40. The first kappa shape index (κ1) is 15.2. The molecule has 0 aromatic heterocycles. The Kier molecular flexibility index (Phi) is 7.41. The van der Waals surface area contributed by atoms with Gasteiger partial charge in [-0.2, -0.15) is 0 Å². The Morgan fingerprint density at radius 1 is 1.24 bits per heavy atom. The van der Waals surface area contributed by atoms with Crippen LogP contribution in [0.1, 0.15) is 26.2 Å². The number of nitrogens with zero attached hydrogens (tertiary/aromatic N) is 1. The number of hydrogen-bond acceptors (Lipinski definition) is 3. The zero-order valence-electron chi connectivity index (χ0n) is 10.1. The van der Waals surface area contributed by atoms with Gasteiger partial charge < -0.3 is 10.0 Å². The number of amides is 3. The molecule has 0 aliphatic heterocycles. The van der Waals surface area contributed by atoms with Crippen LogP contribution in [-0.2, 0) is 9.59 Å². The lowest BCUT2D eigenvalue weighted by Gasteiger charge is -2.16. The van der Waals surface area contributed by atoms with Gasteiger partial charge in [0.25, 0.3) is 5.91 Å². The Hall–Kier alpha value is -1.85. The normalized spacial score (nSPS) is 10.2. The second kappa shape index (κ2) is 8.32. The van der Waals surface area contributed by atoms with Crippen LogP contribution in [-0.4, -0.2) is 41.5 Å². The molecule has 0 saturated heterocycles. The lowest BCUT2D eigenvalue weighted by atomic mass is 10.2. The van der Waals surface area contributed by atoms with Crippen LogP contribution in [0.15, 0.2) is 12.2 Å². The van der Waals surface area contributed by atoms with Gasteiger partial charge in [-0.05, 0) is 6.42 Å². The summed E-state index contributed by atoms with van der Waals surface area (Å²) in [6.07, 6.45) is 4.43. The number of carboxylic acid groups (broad SMARTS) is 1. The fraction of sp³-hybridized carbons (Fsp3) is 0.545. The maximum atomic E-state index is 11.4. The van der Waals surface area contributed by atoms with Crippen LogP contribution in [0.25, 0.3) is 0 Å². The van der Waals surface area contributed by atoms with E-state index in [-0.39, 0.29) is 0 Å². The highest BCUT2D eigenvalue weighted by atomic mass is 16.4. The summed E-state index contributed by atoms with van der Waals surface area (Å²) in [5.74, 6) is -1.97. The topological polar surface area (TPSA) is 86.7 Å². The van der Waals surface area contributed by atoms with Gasteiger partial charge in [-0.3, -0.25) is 10.1 Å². The summed E-state index contributed by atoms with van der Waals surface area (Å²) in [4.78, 5) is 34.0. The van der Waals surface area contributed by atoms with Crippen molar-refractivity contribution in [3.05, 3.63) is 12.2 Å². The molecule has 96 valence electrons. The highest BCUT2D eigenvalue weighted by molar-refractivity contribution is 6.02. The van der Waals surface area contributed by atoms with Crippen molar-refractivity contribution in [2.75, 3.05) is 13.6 Å². The summed E-state index contributed by atoms with van der Waals surface area (Å²) in [5.41, 5.74) is 0. The van der Waals surface area contributed by atoms with Gasteiger partial charge in [0.1, 0.15) is 0 Å². The van der Waals surface area contributed by atoms with Gasteiger partial charge in [0.05, 0.1) is 0 Å². The lowest BCUT2D eigenvalue weighted by molar-refractivity contribution is -0.131. The van der Waals surface area contributed by atoms with Gasteiger partial charge >= 0.3 is 12.0 Å². The first-order valence-electron chi connectivity index (χ1n) is 5.44. The summed E-state index contributed by atoms with van der Waals surface area (Å²) < 4.78 is 0. The van der Waals surface area contributed by atoms with Crippen molar-refractivity contribution in [1.29, 1.82) is 0 Å². The standard InChI is InChI=1S/C11H18N2O4/c1-3-4-5-8-13(2)11(17)12-9(14)6-7-10(15)16/h6-7H,3-5,8H2,1-2H3,(H,15,16)(H,12,14,17)/b7-6+. The third-order valence-electron chi connectivity index (χ3n) is 2.05. The third kappa shape index (κ3) is 8.01. The molecule has 6 nitrogen and oxygen atoms in total. The molecule has 0 radical (unpaired) electrons. The van der Waals surface area contributed by atoms with Crippen molar-refractivity contribution in [2.45, 2.75) is 26.2 Å². The molecule has 0 atom stereocenters. The number of hydrogen-bond donors (Lipinski definition) is 2. The minimum Gasteiger partial charge on any atom is -0.478 e. The first-order valence-corrected chi connectivity index (χ1v) is 5.44. The number of unbranched alkanes of at least 4 members (excludes halogenated alkanes) is 2. The Morgan fingerprint density at radius 3 is 2.41 bits per heavy atom. The third-order valence-corrected chi connectivity index (χ3v) is 2.05. The predicted molar refractivity (Wildman–Crippen MR) is 62.5 cm³/mol. The number of aliphatic carboxylic acids is 1. The van der Waals surface area contributed by atoms with E-state index in [9.17, 15) is 14.4 Å². The molecule has 6 heteroatoms. The van der Waals surface area contributed by atoms with E-state index in [1.165, 1.54) is 4.90 Å².